The lowest BCUT2D eigenvalue weighted by Crippen LogP contribution is -2.68. The number of aromatic nitrogens is 3. The summed E-state index contributed by atoms with van der Waals surface area (Å²) < 4.78 is 37.9. The molecule has 0 saturated carbocycles. The smallest absolute Gasteiger partial charge is 0.319 e. The molecule has 166 valence electrons. The number of benzene rings is 1. The minimum Gasteiger partial charge on any atom is -0.378 e. The first-order valence-electron chi connectivity index (χ1n) is 9.08. The molecule has 10 nitrogen and oxygen atoms in total. The Balaban J connectivity index is 0.000000614. The Bertz CT molecular complexity index is 1080. The molecule has 0 bridgehead atoms. The van der Waals surface area contributed by atoms with Crippen LogP contribution < -0.4 is 33.4 Å². The summed E-state index contributed by atoms with van der Waals surface area (Å²) in [4.78, 5) is 18.5. The van der Waals surface area contributed by atoms with Gasteiger partial charge in [-0.2, -0.15) is 4.40 Å². The number of fused-ring (bicyclic) bond motifs is 1. The summed E-state index contributed by atoms with van der Waals surface area (Å²) in [6, 6.07) is 10.4. The van der Waals surface area contributed by atoms with Crippen LogP contribution in [0.15, 0.2) is 36.7 Å². The fourth-order valence-corrected chi connectivity index (χ4v) is 2.93. The van der Waals surface area contributed by atoms with Gasteiger partial charge in [-0.3, -0.25) is 4.79 Å². The molecular weight excluding hydrogens is 426 g/mol. The summed E-state index contributed by atoms with van der Waals surface area (Å²) in [5.74, 6) is -0.192. The highest BCUT2D eigenvalue weighted by molar-refractivity contribution is 5.97. The Labute approximate surface area is 182 Å². The first-order valence-corrected chi connectivity index (χ1v) is 10.3. The predicted octanol–water partition coefficient (Wildman–Crippen LogP) is -2.69. The summed E-state index contributed by atoms with van der Waals surface area (Å²) in [7, 11) is 2.66. The molecule has 3 rings (SSSR count). The predicted molar refractivity (Wildman–Crippen MR) is 104 cm³/mol. The summed E-state index contributed by atoms with van der Waals surface area (Å²) in [6.45, 7) is 2.01. The van der Waals surface area contributed by atoms with Crippen LogP contribution in [-0.2, 0) is 7.05 Å². The molecule has 0 atom stereocenters. The van der Waals surface area contributed by atoms with Gasteiger partial charge < -0.3 is 10.2 Å². The second-order valence-electron chi connectivity index (χ2n) is 6.83. The van der Waals surface area contributed by atoms with Crippen LogP contribution in [-0.4, -0.2) is 36.4 Å². The zero-order valence-electron chi connectivity index (χ0n) is 17.8. The van der Waals surface area contributed by atoms with Crippen LogP contribution in [0.1, 0.15) is 27.4 Å². The molecule has 1 amide bonds. The van der Waals surface area contributed by atoms with Gasteiger partial charge in [0.05, 0.1) is 7.05 Å². The number of imidazole rings is 1. The largest absolute Gasteiger partial charge is 0.378 e. The van der Waals surface area contributed by atoms with Crippen molar-refractivity contribution in [3.05, 3.63) is 59.3 Å². The summed E-state index contributed by atoms with van der Waals surface area (Å²) in [6.07, 6.45) is 5.81. The van der Waals surface area contributed by atoms with Crippen molar-refractivity contribution in [3.8, 4) is 0 Å². The highest BCUT2D eigenvalue weighted by Crippen LogP contribution is 2.15. The molecule has 1 aromatic carbocycles. The molecule has 0 aliphatic rings. The van der Waals surface area contributed by atoms with Crippen molar-refractivity contribution in [2.24, 2.45) is 7.05 Å². The molecule has 0 fully saturated rings. The van der Waals surface area contributed by atoms with Crippen molar-refractivity contribution < 1.29 is 38.2 Å². The minimum atomic E-state index is -4.94. The molecule has 3 aromatic rings. The van der Waals surface area contributed by atoms with Crippen molar-refractivity contribution >= 4 is 29.4 Å². The average Bonchev–Trinajstić information content (AvgIpc) is 3.14. The Hall–Kier alpha value is -3.02. The number of anilines is 1. The van der Waals surface area contributed by atoms with Crippen molar-refractivity contribution in [2.75, 3.05) is 26.0 Å². The molecule has 0 saturated heterocycles. The zero-order chi connectivity index (χ0) is 23.3. The van der Waals surface area contributed by atoms with Gasteiger partial charge in [-0.15, -0.1) is 10.2 Å². The van der Waals surface area contributed by atoms with Crippen LogP contribution in [0.3, 0.4) is 0 Å². The maximum atomic E-state index is 12.1. The number of halogens is 1. The molecule has 0 radical (unpaired) electrons. The molecule has 11 heteroatoms. The van der Waals surface area contributed by atoms with Crippen LogP contribution in [0.4, 0.5) is 5.69 Å². The summed E-state index contributed by atoms with van der Waals surface area (Å²) in [5, 5.41) is 2.65. The van der Waals surface area contributed by atoms with Crippen LogP contribution in [0.25, 0.3) is 17.8 Å². The fourth-order valence-electron chi connectivity index (χ4n) is 2.93. The molecule has 0 unspecified atom stereocenters. The van der Waals surface area contributed by atoms with Gasteiger partial charge in [0.15, 0.2) is 6.33 Å². The van der Waals surface area contributed by atoms with E-state index in [-0.39, 0.29) is 5.91 Å². The van der Waals surface area contributed by atoms with Crippen molar-refractivity contribution in [3.63, 3.8) is 0 Å². The van der Waals surface area contributed by atoms with E-state index in [2.05, 4.69) is 57.7 Å². The number of rotatable bonds is 4. The number of hydrogen-bond acceptors (Lipinski definition) is 7. The molecule has 0 spiro atoms. The second-order valence-corrected chi connectivity index (χ2v) is 7.59. The molecule has 31 heavy (non-hydrogen) atoms. The number of carbonyl (C=O) groups is 1. The number of carbonyl (C=O) groups excluding carboxylic acids is 1. The number of aryl methyl sites for hydroxylation is 2. The van der Waals surface area contributed by atoms with Gasteiger partial charge in [0.1, 0.15) is 11.4 Å². The van der Waals surface area contributed by atoms with Crippen molar-refractivity contribution in [1.82, 2.24) is 14.7 Å². The Kier molecular flexibility index (Phi) is 7.71. The van der Waals surface area contributed by atoms with E-state index in [1.54, 1.807) is 13.4 Å². The van der Waals surface area contributed by atoms with Gasteiger partial charge in [0, 0.05) is 32.9 Å². The third kappa shape index (κ3) is 6.48. The lowest BCUT2D eigenvalue weighted by atomic mass is 10.1. The van der Waals surface area contributed by atoms with E-state index < -0.39 is 10.2 Å². The van der Waals surface area contributed by atoms with E-state index in [9.17, 15) is 4.79 Å². The van der Waals surface area contributed by atoms with Gasteiger partial charge in [0.25, 0.3) is 5.91 Å². The van der Waals surface area contributed by atoms with E-state index in [1.807, 2.05) is 37.0 Å². The van der Waals surface area contributed by atoms with Gasteiger partial charge in [-0.25, -0.2) is 28.2 Å². The second kappa shape index (κ2) is 9.86. The third-order valence-electron chi connectivity index (χ3n) is 4.48. The standard InChI is InChI=1S/C20H23N5O.ClHO4/c1-14-12-17(11-8-15-6-9-16(10-7-15)23(3)4)24(5)20-18(19(26)21-2)22-13-25(14)20;2-1(3,4)5/h6-13H,1-5H3;(H,2,3,4,5). The van der Waals surface area contributed by atoms with E-state index in [1.165, 1.54) is 5.69 Å². The van der Waals surface area contributed by atoms with Crippen molar-refractivity contribution in [2.45, 2.75) is 6.92 Å². The normalized spacial score (nSPS) is 11.4. The Morgan fingerprint density at radius 2 is 1.74 bits per heavy atom. The lowest BCUT2D eigenvalue weighted by molar-refractivity contribution is -2.00. The fraction of sp³-hybridized carbons (Fsp3) is 0.250. The highest BCUT2D eigenvalue weighted by atomic mass is 35.7. The zero-order valence-corrected chi connectivity index (χ0v) is 18.6. The third-order valence-corrected chi connectivity index (χ3v) is 4.48. The minimum absolute atomic E-state index is 0.192. The molecule has 1 N–H and O–H groups in total. The maximum absolute atomic E-state index is 12.1. The molecule has 0 aliphatic heterocycles. The Morgan fingerprint density at radius 3 is 2.26 bits per heavy atom. The van der Waals surface area contributed by atoms with Crippen LogP contribution in [0.5, 0.6) is 0 Å². The van der Waals surface area contributed by atoms with E-state index in [0.29, 0.717) is 5.69 Å². The van der Waals surface area contributed by atoms with Crippen molar-refractivity contribution in [1.29, 1.82) is 0 Å². The average molecular weight is 450 g/mol. The van der Waals surface area contributed by atoms with Gasteiger partial charge in [0.2, 0.25) is 5.69 Å². The number of amides is 1. The van der Waals surface area contributed by atoms with E-state index in [0.717, 1.165) is 22.6 Å². The maximum Gasteiger partial charge on any atom is 0.319 e. The monoisotopic (exact) mass is 449 g/mol. The lowest BCUT2D eigenvalue weighted by Gasteiger charge is -2.17. The number of nitrogens with one attached hydrogen (secondary N) is 1. The van der Waals surface area contributed by atoms with E-state index in [4.69, 9.17) is 18.6 Å². The van der Waals surface area contributed by atoms with E-state index >= 15 is 0 Å². The molecule has 0 aliphatic carbocycles. The summed E-state index contributed by atoms with van der Waals surface area (Å²) >= 11 is 0. The first-order chi connectivity index (χ1) is 14.4. The Morgan fingerprint density at radius 1 is 1.16 bits per heavy atom. The summed E-state index contributed by atoms with van der Waals surface area (Å²) in [5.41, 5.74) is 5.49. The molecule has 2 heterocycles. The molecule has 2 aromatic heterocycles. The number of nitrogens with zero attached hydrogens (tertiary/aromatic N) is 4. The topological polar surface area (TPSA) is 146 Å². The van der Waals surface area contributed by atoms with Crippen LogP contribution in [0, 0.1) is 17.2 Å². The number of hydrogen-bond donors (Lipinski definition) is 1. The first kappa shape index (κ1) is 24.3. The SMILES string of the molecule is CNC(=O)c1ncn2c(C)cc(/C=C/c3ccc(N(C)C)cc3)[n+](C)c12.[O-][Cl+3]([O-])([O-])[O-]. The van der Waals surface area contributed by atoms with Gasteiger partial charge >= 0.3 is 5.65 Å². The van der Waals surface area contributed by atoms with Gasteiger partial charge in [-0.05, 0) is 30.7 Å². The molecular formula is C20H24ClN5O5. The highest BCUT2D eigenvalue weighted by Gasteiger charge is 2.23. The quantitative estimate of drug-likeness (QED) is 0.426. The van der Waals surface area contributed by atoms with Crippen LogP contribution >= 0.6 is 0 Å². The van der Waals surface area contributed by atoms with Crippen LogP contribution in [0.2, 0.25) is 0 Å². The van der Waals surface area contributed by atoms with Gasteiger partial charge in [-0.1, -0.05) is 18.2 Å².